The molecule has 3 aromatic rings. The molecule has 0 spiro atoms. The first-order valence-corrected chi connectivity index (χ1v) is 8.74. The molecule has 0 atom stereocenters. The number of halogens is 1. The van der Waals surface area contributed by atoms with Crippen molar-refractivity contribution in [2.24, 2.45) is 0 Å². The van der Waals surface area contributed by atoms with Gasteiger partial charge in [-0.15, -0.1) is 0 Å². The number of hydrogen-bond donors (Lipinski definition) is 1. The van der Waals surface area contributed by atoms with E-state index in [1.807, 2.05) is 0 Å². The van der Waals surface area contributed by atoms with E-state index >= 15 is 0 Å². The normalized spacial score (nSPS) is 11.5. The van der Waals surface area contributed by atoms with Crippen molar-refractivity contribution in [2.75, 3.05) is 0 Å². The molecule has 25 heavy (non-hydrogen) atoms. The summed E-state index contributed by atoms with van der Waals surface area (Å²) >= 11 is 0. The highest BCUT2D eigenvalue weighted by Crippen LogP contribution is 2.24. The minimum absolute atomic E-state index is 0.213. The first-order valence-electron chi connectivity index (χ1n) is 7.30. The molecule has 1 N–H and O–H groups in total. The van der Waals surface area contributed by atoms with E-state index in [4.69, 9.17) is 4.55 Å². The number of benzene rings is 2. The second-order valence-electron chi connectivity index (χ2n) is 5.56. The van der Waals surface area contributed by atoms with Crippen LogP contribution in [0, 0.1) is 19.7 Å². The molecule has 0 unspecified atom stereocenters. The van der Waals surface area contributed by atoms with Crippen LogP contribution in [0.15, 0.2) is 47.6 Å². The molecular formula is C17H14FN3O3S. The number of rotatable bonds is 3. The van der Waals surface area contributed by atoms with E-state index in [0.29, 0.717) is 33.9 Å². The summed E-state index contributed by atoms with van der Waals surface area (Å²) in [5.41, 5.74) is 2.21. The van der Waals surface area contributed by atoms with Crippen molar-refractivity contribution in [2.45, 2.75) is 18.7 Å². The molecule has 0 amide bonds. The lowest BCUT2D eigenvalue weighted by Crippen LogP contribution is -1.99. The monoisotopic (exact) mass is 359 g/mol. The molecule has 0 saturated carbocycles. The highest BCUT2D eigenvalue weighted by atomic mass is 32.2. The molecular weight excluding hydrogens is 345 g/mol. The maximum Gasteiger partial charge on any atom is 0.294 e. The third-order valence-electron chi connectivity index (χ3n) is 3.68. The first-order chi connectivity index (χ1) is 11.8. The van der Waals surface area contributed by atoms with Crippen molar-refractivity contribution in [1.82, 2.24) is 15.0 Å². The van der Waals surface area contributed by atoms with Crippen molar-refractivity contribution in [3.63, 3.8) is 0 Å². The summed E-state index contributed by atoms with van der Waals surface area (Å²) in [7, 11) is -4.26. The van der Waals surface area contributed by atoms with Crippen LogP contribution in [0.1, 0.15) is 11.1 Å². The Balaban J connectivity index is 2.02. The summed E-state index contributed by atoms with van der Waals surface area (Å²) in [5, 5.41) is 0. The Hall–Kier alpha value is -2.71. The topological polar surface area (TPSA) is 93.0 Å². The minimum atomic E-state index is -4.26. The Morgan fingerprint density at radius 2 is 1.44 bits per heavy atom. The van der Waals surface area contributed by atoms with Crippen LogP contribution >= 0.6 is 0 Å². The van der Waals surface area contributed by atoms with Gasteiger partial charge in [-0.25, -0.2) is 19.3 Å². The van der Waals surface area contributed by atoms with Gasteiger partial charge in [0, 0.05) is 11.1 Å². The van der Waals surface area contributed by atoms with E-state index in [1.165, 1.54) is 30.6 Å². The number of aryl methyl sites for hydroxylation is 2. The fraction of sp³-hybridized carbons (Fsp3) is 0.118. The zero-order valence-electron chi connectivity index (χ0n) is 13.4. The molecule has 0 aliphatic carbocycles. The average Bonchev–Trinajstić information content (AvgIpc) is 2.59. The molecule has 2 aromatic carbocycles. The molecule has 0 aliphatic heterocycles. The van der Waals surface area contributed by atoms with Crippen molar-refractivity contribution in [3.8, 4) is 22.8 Å². The number of aromatic nitrogens is 3. The van der Waals surface area contributed by atoms with Gasteiger partial charge in [-0.1, -0.05) is 0 Å². The maximum atomic E-state index is 13.8. The van der Waals surface area contributed by atoms with Gasteiger partial charge in [0.25, 0.3) is 10.1 Å². The van der Waals surface area contributed by atoms with Crippen LogP contribution in [-0.4, -0.2) is 27.9 Å². The largest absolute Gasteiger partial charge is 0.294 e. The van der Waals surface area contributed by atoms with Gasteiger partial charge < -0.3 is 0 Å². The van der Waals surface area contributed by atoms with Crippen LogP contribution in [0.25, 0.3) is 22.8 Å². The predicted octanol–water partition coefficient (Wildman–Crippen LogP) is 3.21. The third kappa shape index (κ3) is 3.54. The molecule has 8 heteroatoms. The summed E-state index contributed by atoms with van der Waals surface area (Å²) in [6.45, 7) is 3.34. The van der Waals surface area contributed by atoms with Gasteiger partial charge in [-0.05, 0) is 61.4 Å². The summed E-state index contributed by atoms with van der Waals surface area (Å²) in [5.74, 6) is 0.459. The fourth-order valence-electron chi connectivity index (χ4n) is 2.43. The highest BCUT2D eigenvalue weighted by Gasteiger charge is 2.12. The molecule has 128 valence electrons. The predicted molar refractivity (Wildman–Crippen MR) is 89.9 cm³/mol. The van der Waals surface area contributed by atoms with Gasteiger partial charge in [0.15, 0.2) is 11.6 Å². The minimum Gasteiger partial charge on any atom is -0.282 e. The van der Waals surface area contributed by atoms with Gasteiger partial charge in [0.05, 0.1) is 4.90 Å². The molecule has 3 rings (SSSR count). The van der Waals surface area contributed by atoms with Crippen molar-refractivity contribution in [1.29, 1.82) is 0 Å². The van der Waals surface area contributed by atoms with Crippen LogP contribution in [-0.2, 0) is 10.1 Å². The van der Waals surface area contributed by atoms with Crippen LogP contribution in [0.2, 0.25) is 0 Å². The zero-order valence-corrected chi connectivity index (χ0v) is 14.2. The lowest BCUT2D eigenvalue weighted by atomic mass is 10.1. The third-order valence-corrected chi connectivity index (χ3v) is 4.54. The van der Waals surface area contributed by atoms with E-state index in [-0.39, 0.29) is 10.7 Å². The first kappa shape index (κ1) is 17.1. The van der Waals surface area contributed by atoms with Gasteiger partial charge in [0.2, 0.25) is 0 Å². The van der Waals surface area contributed by atoms with Gasteiger partial charge >= 0.3 is 0 Å². The molecule has 0 radical (unpaired) electrons. The van der Waals surface area contributed by atoms with Gasteiger partial charge in [0.1, 0.15) is 12.1 Å². The molecule has 0 fully saturated rings. The van der Waals surface area contributed by atoms with E-state index in [9.17, 15) is 12.8 Å². The van der Waals surface area contributed by atoms with E-state index in [0.717, 1.165) is 0 Å². The second-order valence-corrected chi connectivity index (χ2v) is 6.98. The second kappa shape index (κ2) is 6.30. The number of nitrogens with zero attached hydrogens (tertiary/aromatic N) is 3. The van der Waals surface area contributed by atoms with E-state index in [2.05, 4.69) is 15.0 Å². The Morgan fingerprint density at radius 3 is 1.96 bits per heavy atom. The quantitative estimate of drug-likeness (QED) is 0.722. The zero-order chi connectivity index (χ0) is 18.2. The van der Waals surface area contributed by atoms with Crippen molar-refractivity contribution in [3.05, 3.63) is 59.7 Å². The lowest BCUT2D eigenvalue weighted by molar-refractivity contribution is 0.483. The summed E-state index contributed by atoms with van der Waals surface area (Å²) in [6, 6.07) is 8.82. The molecule has 6 nitrogen and oxygen atoms in total. The number of hydrogen-bond acceptors (Lipinski definition) is 5. The summed E-state index contributed by atoms with van der Waals surface area (Å²) < 4.78 is 45.0. The Labute approximate surface area is 144 Å². The lowest BCUT2D eigenvalue weighted by Gasteiger charge is -2.07. The molecule has 0 bridgehead atoms. The van der Waals surface area contributed by atoms with E-state index < -0.39 is 10.1 Å². The fourth-order valence-corrected chi connectivity index (χ4v) is 2.91. The van der Waals surface area contributed by atoms with Gasteiger partial charge in [-0.2, -0.15) is 8.42 Å². The standard InChI is InChI=1S/C17H14FN3O3S/c1-10-7-13(8-11(2)15(10)18)17-20-9-19-16(21-17)12-3-5-14(6-4-12)25(22,23)24/h3-9H,1-2H3,(H,22,23,24). The van der Waals surface area contributed by atoms with Gasteiger partial charge in [-0.3, -0.25) is 4.55 Å². The summed E-state index contributed by atoms with van der Waals surface area (Å²) in [6.07, 6.45) is 1.34. The Bertz CT molecular complexity index is 1030. The molecule has 1 aromatic heterocycles. The average molecular weight is 359 g/mol. The van der Waals surface area contributed by atoms with Crippen LogP contribution in [0.3, 0.4) is 0 Å². The molecule has 0 saturated heterocycles. The molecule has 0 aliphatic rings. The van der Waals surface area contributed by atoms with Crippen LogP contribution in [0.5, 0.6) is 0 Å². The highest BCUT2D eigenvalue weighted by molar-refractivity contribution is 7.85. The van der Waals surface area contributed by atoms with Crippen molar-refractivity contribution < 1.29 is 17.4 Å². The van der Waals surface area contributed by atoms with Crippen molar-refractivity contribution >= 4 is 10.1 Å². The Morgan fingerprint density at radius 1 is 0.920 bits per heavy atom. The SMILES string of the molecule is Cc1cc(-c2ncnc(-c3ccc(S(=O)(=O)O)cc3)n2)cc(C)c1F. The maximum absolute atomic E-state index is 13.8. The smallest absolute Gasteiger partial charge is 0.282 e. The molecule has 1 heterocycles. The van der Waals surface area contributed by atoms with E-state index in [1.54, 1.807) is 26.0 Å². The Kier molecular flexibility index (Phi) is 4.32. The van der Waals surface area contributed by atoms with Crippen LogP contribution in [0.4, 0.5) is 4.39 Å². The van der Waals surface area contributed by atoms with Crippen LogP contribution < -0.4 is 0 Å². The summed E-state index contributed by atoms with van der Waals surface area (Å²) in [4.78, 5) is 12.4.